The van der Waals surface area contributed by atoms with E-state index in [4.69, 9.17) is 4.74 Å². The van der Waals surface area contributed by atoms with E-state index in [2.05, 4.69) is 0 Å². The van der Waals surface area contributed by atoms with E-state index in [1.165, 1.54) is 38.5 Å². The highest BCUT2D eigenvalue weighted by atomic mass is 19.0. The molecule has 0 saturated heterocycles. The summed E-state index contributed by atoms with van der Waals surface area (Å²) in [5.41, 5.74) is 0. The van der Waals surface area contributed by atoms with Crippen molar-refractivity contribution in [1.29, 1.82) is 0 Å². The van der Waals surface area contributed by atoms with Crippen LogP contribution in [0.2, 0.25) is 0 Å². The van der Waals surface area contributed by atoms with Gasteiger partial charge in [-0.05, 0) is 38.5 Å². The fourth-order valence-corrected chi connectivity index (χ4v) is 1.29. The van der Waals surface area contributed by atoms with Gasteiger partial charge in [0.05, 0.1) is 12.2 Å². The van der Waals surface area contributed by atoms with Crippen molar-refractivity contribution >= 4 is 0 Å². The van der Waals surface area contributed by atoms with Gasteiger partial charge in [0.1, 0.15) is 0 Å². The molecule has 0 radical (unpaired) electrons. The molecule has 2 rings (SSSR count). The van der Waals surface area contributed by atoms with Crippen molar-refractivity contribution in [2.24, 2.45) is 0 Å². The normalized spacial score (nSPS) is 26.4. The summed E-state index contributed by atoms with van der Waals surface area (Å²) < 4.78 is 5.72. The third kappa shape index (κ3) is 1.48. The Morgan fingerprint density at radius 3 is 1.40 bits per heavy atom. The quantitative estimate of drug-likeness (QED) is 0.580. The maximum atomic E-state index is 5.72. The lowest BCUT2D eigenvalue weighted by molar-refractivity contribution is -0.0823. The second-order valence-corrected chi connectivity index (χ2v) is 3.24. The number of hydrogen-bond acceptors (Lipinski definition) is 1. The van der Waals surface area contributed by atoms with Crippen LogP contribution in [0.1, 0.15) is 38.5 Å². The molecule has 0 unspecified atom stereocenters. The lowest BCUT2D eigenvalue weighted by atomic mass is 9.92. The van der Waals surface area contributed by atoms with Gasteiger partial charge in [-0.25, -0.2) is 0 Å². The second-order valence-electron chi connectivity index (χ2n) is 3.24. The van der Waals surface area contributed by atoms with Gasteiger partial charge in [0.15, 0.2) is 0 Å². The van der Waals surface area contributed by atoms with E-state index in [1.54, 1.807) is 0 Å². The van der Waals surface area contributed by atoms with Crippen LogP contribution in [0.4, 0.5) is 4.70 Å². The van der Waals surface area contributed by atoms with Crippen molar-refractivity contribution < 1.29 is 9.44 Å². The topological polar surface area (TPSA) is 9.23 Å². The molecule has 0 heterocycles. The molecule has 0 aromatic heterocycles. The molecule has 60 valence electrons. The Morgan fingerprint density at radius 2 is 1.20 bits per heavy atom. The minimum Gasteiger partial charge on any atom is -0.375 e. The number of rotatable bonds is 2. The first-order valence-electron chi connectivity index (χ1n) is 4.10. The third-order valence-electron chi connectivity index (χ3n) is 2.49. The Balaban J connectivity index is 0.000000500. The van der Waals surface area contributed by atoms with E-state index in [-0.39, 0.29) is 4.70 Å². The van der Waals surface area contributed by atoms with Gasteiger partial charge in [-0.15, -0.1) is 0 Å². The standard InChI is InChI=1S/C8H14O.FH/c1-3-7(4-1)9-8-5-2-6-8;/h7-8H,1-6H2;1H. The van der Waals surface area contributed by atoms with Crippen LogP contribution in [-0.4, -0.2) is 12.2 Å². The molecule has 0 aromatic rings. The van der Waals surface area contributed by atoms with Crippen LogP contribution in [0.3, 0.4) is 0 Å². The Morgan fingerprint density at radius 1 is 0.800 bits per heavy atom. The van der Waals surface area contributed by atoms with E-state index in [0.717, 1.165) is 0 Å². The fraction of sp³-hybridized carbons (Fsp3) is 1.00. The van der Waals surface area contributed by atoms with E-state index in [9.17, 15) is 0 Å². The second kappa shape index (κ2) is 3.33. The number of hydrogen-bond donors (Lipinski definition) is 0. The predicted octanol–water partition coefficient (Wildman–Crippen LogP) is 2.26. The first-order valence-corrected chi connectivity index (χ1v) is 4.10. The van der Waals surface area contributed by atoms with Gasteiger partial charge in [-0.1, -0.05) is 0 Å². The predicted molar refractivity (Wildman–Crippen MR) is 38.9 cm³/mol. The largest absolute Gasteiger partial charge is 0.375 e. The molecule has 0 N–H and O–H groups in total. The molecule has 2 aliphatic rings. The Hall–Kier alpha value is -0.110. The molecule has 0 atom stereocenters. The van der Waals surface area contributed by atoms with Gasteiger partial charge in [-0.3, -0.25) is 4.70 Å². The highest BCUT2D eigenvalue weighted by Gasteiger charge is 2.25. The average molecular weight is 146 g/mol. The van der Waals surface area contributed by atoms with Crippen LogP contribution in [0.5, 0.6) is 0 Å². The van der Waals surface area contributed by atoms with Crippen molar-refractivity contribution in [1.82, 2.24) is 0 Å². The molecule has 2 heteroatoms. The average Bonchev–Trinajstić information content (AvgIpc) is 1.57. The van der Waals surface area contributed by atoms with Gasteiger partial charge >= 0.3 is 0 Å². The molecule has 0 bridgehead atoms. The van der Waals surface area contributed by atoms with Crippen LogP contribution in [0.15, 0.2) is 0 Å². The Kier molecular flexibility index (Phi) is 2.66. The molecule has 2 aliphatic carbocycles. The maximum absolute atomic E-state index is 5.72. The molecule has 0 aromatic carbocycles. The minimum atomic E-state index is 0. The fourth-order valence-electron chi connectivity index (χ4n) is 1.29. The molecule has 0 spiro atoms. The highest BCUT2D eigenvalue weighted by Crippen LogP contribution is 2.30. The molecule has 10 heavy (non-hydrogen) atoms. The van der Waals surface area contributed by atoms with Crippen molar-refractivity contribution in [3.63, 3.8) is 0 Å². The summed E-state index contributed by atoms with van der Waals surface area (Å²) in [6.07, 6.45) is 9.44. The van der Waals surface area contributed by atoms with Gasteiger partial charge in [-0.2, -0.15) is 0 Å². The first-order chi connectivity index (χ1) is 4.45. The maximum Gasteiger partial charge on any atom is 0.0579 e. The lowest BCUT2D eigenvalue weighted by Crippen LogP contribution is -2.31. The van der Waals surface area contributed by atoms with Crippen LogP contribution in [-0.2, 0) is 4.74 Å². The lowest BCUT2D eigenvalue weighted by Gasteiger charge is -2.34. The monoisotopic (exact) mass is 146 g/mol. The summed E-state index contributed by atoms with van der Waals surface area (Å²) >= 11 is 0. The van der Waals surface area contributed by atoms with Crippen LogP contribution >= 0.6 is 0 Å². The zero-order valence-corrected chi connectivity index (χ0v) is 6.21. The molecule has 2 fully saturated rings. The molecular weight excluding hydrogens is 131 g/mol. The third-order valence-corrected chi connectivity index (χ3v) is 2.49. The smallest absolute Gasteiger partial charge is 0.0579 e. The zero-order valence-electron chi connectivity index (χ0n) is 6.21. The molecule has 1 nitrogen and oxygen atoms in total. The minimum absolute atomic E-state index is 0. The van der Waals surface area contributed by atoms with Crippen molar-refractivity contribution in [2.75, 3.05) is 0 Å². The van der Waals surface area contributed by atoms with Crippen molar-refractivity contribution in [3.05, 3.63) is 0 Å². The summed E-state index contributed by atoms with van der Waals surface area (Å²) in [6.45, 7) is 0. The van der Waals surface area contributed by atoms with Gasteiger partial charge < -0.3 is 4.74 Å². The molecule has 0 aliphatic heterocycles. The van der Waals surface area contributed by atoms with Gasteiger partial charge in [0, 0.05) is 0 Å². The summed E-state index contributed by atoms with van der Waals surface area (Å²) in [5, 5.41) is 0. The number of halogens is 1. The molecule has 2 saturated carbocycles. The van der Waals surface area contributed by atoms with Crippen molar-refractivity contribution in [3.8, 4) is 0 Å². The summed E-state index contributed by atoms with van der Waals surface area (Å²) in [4.78, 5) is 0. The highest BCUT2D eigenvalue weighted by molar-refractivity contribution is 4.76. The van der Waals surface area contributed by atoms with Crippen LogP contribution in [0.25, 0.3) is 0 Å². The van der Waals surface area contributed by atoms with E-state index in [0.29, 0.717) is 12.2 Å². The summed E-state index contributed by atoms with van der Waals surface area (Å²) in [7, 11) is 0. The van der Waals surface area contributed by atoms with E-state index < -0.39 is 0 Å². The Bertz CT molecular complexity index is 85.4. The molecular formula is C8H15FO. The van der Waals surface area contributed by atoms with Crippen molar-refractivity contribution in [2.45, 2.75) is 50.7 Å². The van der Waals surface area contributed by atoms with E-state index in [1.807, 2.05) is 0 Å². The Labute approximate surface area is 61.1 Å². The van der Waals surface area contributed by atoms with Gasteiger partial charge in [0.2, 0.25) is 0 Å². The zero-order chi connectivity index (χ0) is 6.10. The number of ether oxygens (including phenoxy) is 1. The first kappa shape index (κ1) is 7.99. The van der Waals surface area contributed by atoms with Crippen LogP contribution in [0, 0.1) is 0 Å². The molecule has 0 amide bonds. The summed E-state index contributed by atoms with van der Waals surface area (Å²) in [6, 6.07) is 0. The van der Waals surface area contributed by atoms with E-state index >= 15 is 0 Å². The van der Waals surface area contributed by atoms with Gasteiger partial charge in [0.25, 0.3) is 0 Å². The van der Waals surface area contributed by atoms with Crippen LogP contribution < -0.4 is 0 Å². The summed E-state index contributed by atoms with van der Waals surface area (Å²) in [5.74, 6) is 0. The SMILES string of the molecule is C1CC(OC2CCC2)C1.F.